The van der Waals surface area contributed by atoms with Crippen molar-refractivity contribution in [3.05, 3.63) is 36.0 Å². The molecule has 1 saturated heterocycles. The number of nitrogens with one attached hydrogen (secondary N) is 2. The molecule has 0 radical (unpaired) electrons. The zero-order valence-corrected chi connectivity index (χ0v) is 14.9. The Balaban J connectivity index is 1.84. The lowest BCUT2D eigenvalue weighted by Gasteiger charge is -2.32. The minimum Gasteiger partial charge on any atom is -0.399 e. The predicted molar refractivity (Wildman–Crippen MR) is 93.5 cm³/mol. The number of rotatable bonds is 4. The lowest BCUT2D eigenvalue weighted by Crippen LogP contribution is -2.41. The summed E-state index contributed by atoms with van der Waals surface area (Å²) in [5, 5.41) is 25.3. The van der Waals surface area contributed by atoms with Crippen LogP contribution in [0.3, 0.4) is 0 Å². The van der Waals surface area contributed by atoms with Gasteiger partial charge in [-0.3, -0.25) is 0 Å². The van der Waals surface area contributed by atoms with Gasteiger partial charge in [-0.05, 0) is 51.1 Å². The van der Waals surface area contributed by atoms with Gasteiger partial charge in [0.1, 0.15) is 17.5 Å². The van der Waals surface area contributed by atoms with E-state index in [2.05, 4.69) is 25.9 Å². The first-order valence-electron chi connectivity index (χ1n) is 7.99. The Labute approximate surface area is 150 Å². The van der Waals surface area contributed by atoms with Gasteiger partial charge in [0.05, 0.1) is 11.2 Å². The van der Waals surface area contributed by atoms with Crippen LogP contribution in [0.4, 0.5) is 10.1 Å². The maximum Gasteiger partial charge on any atom is 0.497 e. The Morgan fingerprint density at radius 3 is 2.58 bits per heavy atom. The fourth-order valence-electron chi connectivity index (χ4n) is 2.36. The lowest BCUT2D eigenvalue weighted by atomic mass is 9.78. The van der Waals surface area contributed by atoms with Crippen molar-refractivity contribution < 1.29 is 13.7 Å². The van der Waals surface area contributed by atoms with E-state index in [9.17, 15) is 9.65 Å². The first-order valence-corrected chi connectivity index (χ1v) is 7.99. The van der Waals surface area contributed by atoms with Crippen LogP contribution in [-0.2, 0) is 9.31 Å². The number of benzene rings is 1. The average Bonchev–Trinajstić information content (AvgIpc) is 3.16. The molecule has 1 aromatic heterocycles. The van der Waals surface area contributed by atoms with E-state index in [-0.39, 0.29) is 16.9 Å². The number of tetrazole rings is 1. The van der Waals surface area contributed by atoms with E-state index in [4.69, 9.17) is 9.31 Å². The maximum atomic E-state index is 14.3. The van der Waals surface area contributed by atoms with Gasteiger partial charge < -0.3 is 14.6 Å². The van der Waals surface area contributed by atoms with Gasteiger partial charge in [-0.1, -0.05) is 0 Å². The zero-order chi connectivity index (χ0) is 18.9. The van der Waals surface area contributed by atoms with Crippen LogP contribution in [0.15, 0.2) is 24.4 Å². The van der Waals surface area contributed by atoms with E-state index >= 15 is 0 Å². The molecular weight excluding hydrogens is 338 g/mol. The van der Waals surface area contributed by atoms with Crippen LogP contribution < -0.4 is 10.8 Å². The van der Waals surface area contributed by atoms with Crippen LogP contribution >= 0.6 is 0 Å². The molecule has 0 unspecified atom stereocenters. The molecule has 10 heteroatoms. The monoisotopic (exact) mass is 356 g/mol. The molecular formula is C16H18BFN6O2. The molecule has 0 amide bonds. The third kappa shape index (κ3) is 3.31. The topological polar surface area (TPSA) is 109 Å². The third-order valence-electron chi connectivity index (χ3n) is 4.59. The third-order valence-corrected chi connectivity index (χ3v) is 4.59. The second kappa shape index (κ2) is 6.51. The van der Waals surface area contributed by atoms with Crippen LogP contribution in [0.5, 0.6) is 0 Å². The molecule has 2 heterocycles. The van der Waals surface area contributed by atoms with Crippen molar-refractivity contribution in [3.63, 3.8) is 0 Å². The molecule has 0 spiro atoms. The van der Waals surface area contributed by atoms with E-state index in [1.165, 1.54) is 12.3 Å². The smallest absolute Gasteiger partial charge is 0.399 e. The molecule has 1 fully saturated rings. The van der Waals surface area contributed by atoms with Gasteiger partial charge >= 0.3 is 7.12 Å². The fraction of sp³-hybridized carbons (Fsp3) is 0.375. The Hall–Kier alpha value is -2.77. The maximum absolute atomic E-state index is 14.3. The van der Waals surface area contributed by atoms with Crippen LogP contribution in [0.1, 0.15) is 33.5 Å². The highest BCUT2D eigenvalue weighted by atomic mass is 19.1. The number of halogens is 1. The number of H-pyrrole nitrogens is 1. The van der Waals surface area contributed by atoms with Gasteiger partial charge in [-0.15, -0.1) is 10.2 Å². The highest BCUT2D eigenvalue weighted by Gasteiger charge is 2.52. The molecule has 0 saturated carbocycles. The van der Waals surface area contributed by atoms with Gasteiger partial charge in [-0.25, -0.2) is 4.39 Å². The summed E-state index contributed by atoms with van der Waals surface area (Å²) in [5.74, 6) is -0.273. The number of anilines is 1. The summed E-state index contributed by atoms with van der Waals surface area (Å²) in [6, 6.07) is 6.41. The van der Waals surface area contributed by atoms with E-state index < -0.39 is 24.1 Å². The Kier molecular flexibility index (Phi) is 4.52. The average molecular weight is 356 g/mol. The van der Waals surface area contributed by atoms with Crippen LogP contribution in [0.25, 0.3) is 5.57 Å². The molecule has 8 nitrogen and oxygen atoms in total. The van der Waals surface area contributed by atoms with Crippen molar-refractivity contribution in [2.24, 2.45) is 0 Å². The normalized spacial score (nSPS) is 18.6. The van der Waals surface area contributed by atoms with Gasteiger partial charge in [0.2, 0.25) is 5.82 Å². The highest BCUT2D eigenvalue weighted by molar-refractivity contribution is 6.62. The number of aromatic amines is 1. The van der Waals surface area contributed by atoms with E-state index in [1.54, 1.807) is 12.1 Å². The van der Waals surface area contributed by atoms with Gasteiger partial charge in [0.15, 0.2) is 0 Å². The summed E-state index contributed by atoms with van der Waals surface area (Å²) in [6.07, 6.45) is 1.42. The molecule has 3 rings (SSSR count). The number of allylic oxidation sites excluding steroid dienone is 1. The molecule has 1 aliphatic heterocycles. The quantitative estimate of drug-likeness (QED) is 0.633. The summed E-state index contributed by atoms with van der Waals surface area (Å²) in [4.78, 5) is 0. The second-order valence-electron chi connectivity index (χ2n) is 6.87. The van der Waals surface area contributed by atoms with Gasteiger partial charge in [0, 0.05) is 17.4 Å². The molecule has 0 bridgehead atoms. The van der Waals surface area contributed by atoms with Crippen LogP contribution in [0, 0.1) is 17.1 Å². The van der Waals surface area contributed by atoms with Crippen molar-refractivity contribution in [2.75, 3.05) is 5.32 Å². The van der Waals surface area contributed by atoms with E-state index in [1.807, 2.05) is 33.8 Å². The summed E-state index contributed by atoms with van der Waals surface area (Å²) in [5.41, 5.74) is -0.118. The Bertz CT molecular complexity index is 859. The number of aromatic nitrogens is 4. The van der Waals surface area contributed by atoms with Crippen molar-refractivity contribution in [3.8, 4) is 6.07 Å². The fourth-order valence-corrected chi connectivity index (χ4v) is 2.36. The van der Waals surface area contributed by atoms with Crippen molar-refractivity contribution in [2.45, 2.75) is 38.9 Å². The van der Waals surface area contributed by atoms with E-state index in [0.29, 0.717) is 5.69 Å². The molecule has 0 aliphatic carbocycles. The van der Waals surface area contributed by atoms with Gasteiger partial charge in [0.25, 0.3) is 0 Å². The summed E-state index contributed by atoms with van der Waals surface area (Å²) in [6.45, 7) is 7.61. The van der Waals surface area contributed by atoms with Crippen molar-refractivity contribution >= 4 is 23.8 Å². The number of hydrogen-bond acceptors (Lipinski definition) is 7. The van der Waals surface area contributed by atoms with Crippen LogP contribution in [-0.4, -0.2) is 38.9 Å². The highest BCUT2D eigenvalue weighted by Crippen LogP contribution is 2.36. The van der Waals surface area contributed by atoms with Gasteiger partial charge in [-0.2, -0.15) is 10.5 Å². The molecule has 2 aromatic rings. The Morgan fingerprint density at radius 2 is 2.00 bits per heavy atom. The number of hydrogen-bond donors (Lipinski definition) is 2. The minimum atomic E-state index is -0.821. The summed E-state index contributed by atoms with van der Waals surface area (Å²) >= 11 is 0. The lowest BCUT2D eigenvalue weighted by molar-refractivity contribution is 0.00578. The molecule has 1 aliphatic rings. The van der Waals surface area contributed by atoms with Crippen molar-refractivity contribution in [1.82, 2.24) is 20.6 Å². The molecule has 26 heavy (non-hydrogen) atoms. The molecule has 0 atom stereocenters. The summed E-state index contributed by atoms with van der Waals surface area (Å²) in [7, 11) is -0.821. The van der Waals surface area contributed by atoms with E-state index in [0.717, 1.165) is 0 Å². The largest absolute Gasteiger partial charge is 0.497 e. The Morgan fingerprint density at radius 1 is 1.31 bits per heavy atom. The molecule has 1 aromatic carbocycles. The molecule has 134 valence electrons. The van der Waals surface area contributed by atoms with Crippen LogP contribution in [0.2, 0.25) is 0 Å². The second-order valence-corrected chi connectivity index (χ2v) is 6.87. The zero-order valence-electron chi connectivity index (χ0n) is 14.9. The molecule has 2 N–H and O–H groups in total. The number of nitrogens with zero attached hydrogens (tertiary/aromatic N) is 4. The SMILES string of the molecule is CC1(C)OB(c2cc(NC=C(C#N)c3nn[nH]n3)ccc2F)OC1(C)C. The van der Waals surface area contributed by atoms with Crippen molar-refractivity contribution in [1.29, 1.82) is 5.26 Å². The minimum absolute atomic E-state index is 0.160. The summed E-state index contributed by atoms with van der Waals surface area (Å²) < 4.78 is 26.1. The predicted octanol–water partition coefficient (Wildman–Crippen LogP) is 1.61. The first-order chi connectivity index (χ1) is 12.2. The standard InChI is InChI=1S/C16H18BFN6O2/c1-15(2)16(3,4)26-17(25-15)12-7-11(5-6-13(12)18)20-9-10(8-19)14-21-23-24-22-14/h5-7,9,20H,1-4H3,(H,21,22,23,24). The first kappa shape index (κ1) is 18.0. The number of nitriles is 1.